The highest BCUT2D eigenvalue weighted by molar-refractivity contribution is 7.15. The molecule has 0 spiro atoms. The Balaban J connectivity index is 1.22. The molecule has 1 N–H and O–H groups in total. The number of carbonyl (C=O) groups excluding carboxylic acids is 1. The van der Waals surface area contributed by atoms with Crippen LogP contribution in [0, 0.1) is 0 Å². The number of carbonyl (C=O) groups is 1. The topological polar surface area (TPSA) is 85.6 Å². The summed E-state index contributed by atoms with van der Waals surface area (Å²) in [7, 11) is 0. The van der Waals surface area contributed by atoms with Gasteiger partial charge in [-0.2, -0.15) is 0 Å². The van der Waals surface area contributed by atoms with Crippen LogP contribution in [-0.2, 0) is 0 Å². The number of hydrogen-bond acceptors (Lipinski definition) is 6. The SMILES string of the molecule is O=C(NC1CCC(Oc2cccc3cnccc23)CC1)c1cnc2sccn2c1=O. The fourth-order valence-electron chi connectivity index (χ4n) is 3.94. The Morgan fingerprint density at radius 1 is 1.17 bits per heavy atom. The number of pyridine rings is 1. The van der Waals surface area contributed by atoms with Crippen LogP contribution in [0.5, 0.6) is 5.75 Å². The van der Waals surface area contributed by atoms with Crippen LogP contribution >= 0.6 is 11.3 Å². The van der Waals surface area contributed by atoms with Crippen LogP contribution in [0.2, 0.25) is 0 Å². The molecule has 0 bridgehead atoms. The molecule has 1 saturated carbocycles. The number of fused-ring (bicyclic) bond motifs is 2. The predicted octanol–water partition coefficient (Wildman–Crippen LogP) is 3.42. The molecule has 30 heavy (non-hydrogen) atoms. The molecule has 8 heteroatoms. The van der Waals surface area contributed by atoms with Crippen LogP contribution in [0.25, 0.3) is 15.7 Å². The quantitative estimate of drug-likeness (QED) is 0.547. The first-order valence-corrected chi connectivity index (χ1v) is 10.8. The third-order valence-corrected chi connectivity index (χ3v) is 6.30. The fourth-order valence-corrected chi connectivity index (χ4v) is 4.62. The van der Waals surface area contributed by atoms with E-state index in [1.807, 2.05) is 30.5 Å². The monoisotopic (exact) mass is 420 g/mol. The molecule has 1 aliphatic rings. The zero-order valence-electron chi connectivity index (χ0n) is 16.2. The van der Waals surface area contributed by atoms with Crippen molar-refractivity contribution in [2.45, 2.75) is 37.8 Å². The normalized spacial score (nSPS) is 19.1. The van der Waals surface area contributed by atoms with Gasteiger partial charge in [-0.15, -0.1) is 11.3 Å². The van der Waals surface area contributed by atoms with Crippen LogP contribution < -0.4 is 15.6 Å². The molecule has 1 amide bonds. The first kappa shape index (κ1) is 18.7. The predicted molar refractivity (Wildman–Crippen MR) is 115 cm³/mol. The van der Waals surface area contributed by atoms with Crippen molar-refractivity contribution >= 4 is 33.0 Å². The number of rotatable bonds is 4. The van der Waals surface area contributed by atoms with Crippen molar-refractivity contribution in [2.75, 3.05) is 0 Å². The van der Waals surface area contributed by atoms with Gasteiger partial charge in [0.15, 0.2) is 4.96 Å². The van der Waals surface area contributed by atoms with Gasteiger partial charge in [0, 0.05) is 47.0 Å². The highest BCUT2D eigenvalue weighted by Crippen LogP contribution is 2.29. The first-order chi connectivity index (χ1) is 14.7. The van der Waals surface area contributed by atoms with Crippen LogP contribution in [0.3, 0.4) is 0 Å². The summed E-state index contributed by atoms with van der Waals surface area (Å²) in [5.41, 5.74) is -0.255. The van der Waals surface area contributed by atoms with Gasteiger partial charge >= 0.3 is 0 Å². The van der Waals surface area contributed by atoms with Gasteiger partial charge in [-0.3, -0.25) is 19.0 Å². The van der Waals surface area contributed by atoms with Crippen molar-refractivity contribution < 1.29 is 9.53 Å². The minimum absolute atomic E-state index is 0.0247. The van der Waals surface area contributed by atoms with E-state index in [4.69, 9.17) is 4.74 Å². The number of thiazole rings is 1. The van der Waals surface area contributed by atoms with Gasteiger partial charge in [-0.25, -0.2) is 4.98 Å². The van der Waals surface area contributed by atoms with Gasteiger partial charge in [0.2, 0.25) is 0 Å². The average Bonchev–Trinajstić information content (AvgIpc) is 3.25. The zero-order chi connectivity index (χ0) is 20.5. The number of hydrogen-bond donors (Lipinski definition) is 1. The molecule has 3 aromatic heterocycles. The highest BCUT2D eigenvalue weighted by Gasteiger charge is 2.25. The molecule has 0 saturated heterocycles. The van der Waals surface area contributed by atoms with E-state index in [0.717, 1.165) is 42.2 Å². The van der Waals surface area contributed by atoms with Crippen molar-refractivity contribution in [2.24, 2.45) is 0 Å². The number of nitrogens with one attached hydrogen (secondary N) is 1. The molecular weight excluding hydrogens is 400 g/mol. The summed E-state index contributed by atoms with van der Waals surface area (Å²) >= 11 is 1.36. The van der Waals surface area contributed by atoms with Crippen LogP contribution in [0.4, 0.5) is 0 Å². The minimum atomic E-state index is -0.362. The van der Waals surface area contributed by atoms with E-state index < -0.39 is 0 Å². The van der Waals surface area contributed by atoms with Gasteiger partial charge in [0.1, 0.15) is 11.3 Å². The first-order valence-electron chi connectivity index (χ1n) is 9.94. The van der Waals surface area contributed by atoms with Crippen molar-refractivity contribution in [3.63, 3.8) is 0 Å². The van der Waals surface area contributed by atoms with Crippen molar-refractivity contribution in [3.05, 3.63) is 70.4 Å². The Hall–Kier alpha value is -3.26. The molecule has 4 aromatic rings. The van der Waals surface area contributed by atoms with E-state index in [-0.39, 0.29) is 29.2 Å². The molecule has 1 fully saturated rings. The zero-order valence-corrected chi connectivity index (χ0v) is 17.0. The molecule has 0 unspecified atom stereocenters. The average molecular weight is 420 g/mol. The number of ether oxygens (including phenoxy) is 1. The second-order valence-corrected chi connectivity index (χ2v) is 8.32. The van der Waals surface area contributed by atoms with Crippen molar-refractivity contribution in [1.29, 1.82) is 0 Å². The van der Waals surface area contributed by atoms with Gasteiger partial charge in [0.25, 0.3) is 11.5 Å². The molecule has 7 nitrogen and oxygen atoms in total. The minimum Gasteiger partial charge on any atom is -0.490 e. The van der Waals surface area contributed by atoms with Gasteiger partial charge in [-0.1, -0.05) is 12.1 Å². The molecule has 1 aliphatic carbocycles. The number of aromatic nitrogens is 3. The third kappa shape index (κ3) is 3.54. The third-order valence-electron chi connectivity index (χ3n) is 5.53. The highest BCUT2D eigenvalue weighted by atomic mass is 32.1. The fraction of sp³-hybridized carbons (Fsp3) is 0.273. The summed E-state index contributed by atoms with van der Waals surface area (Å²) in [5, 5.41) is 6.88. The number of benzene rings is 1. The molecule has 1 aromatic carbocycles. The van der Waals surface area contributed by atoms with E-state index >= 15 is 0 Å². The summed E-state index contributed by atoms with van der Waals surface area (Å²) in [5.74, 6) is 0.504. The second-order valence-electron chi connectivity index (χ2n) is 7.45. The summed E-state index contributed by atoms with van der Waals surface area (Å²) < 4.78 is 7.67. The summed E-state index contributed by atoms with van der Waals surface area (Å²) in [6.07, 6.45) is 10.0. The van der Waals surface area contributed by atoms with E-state index in [2.05, 4.69) is 15.3 Å². The molecule has 5 rings (SSSR count). The lowest BCUT2D eigenvalue weighted by Crippen LogP contribution is -2.41. The lowest BCUT2D eigenvalue weighted by Gasteiger charge is -2.29. The Kier molecular flexibility index (Phi) is 4.92. The molecule has 0 atom stereocenters. The maximum Gasteiger partial charge on any atom is 0.271 e. The van der Waals surface area contributed by atoms with Crippen LogP contribution in [-0.4, -0.2) is 32.4 Å². The standard InChI is InChI=1S/C22H20N4O3S/c27-20(18-13-24-22-26(21(18)28)10-11-30-22)25-15-4-6-16(7-5-15)29-19-3-1-2-14-12-23-9-8-17(14)19/h1-3,8-13,15-16H,4-7H2,(H,25,27). The molecule has 3 heterocycles. The Labute approximate surface area is 176 Å². The lowest BCUT2D eigenvalue weighted by atomic mass is 9.92. The maximum absolute atomic E-state index is 12.6. The lowest BCUT2D eigenvalue weighted by molar-refractivity contribution is 0.0893. The van der Waals surface area contributed by atoms with Gasteiger partial charge in [-0.05, 0) is 37.8 Å². The molecular formula is C22H20N4O3S. The van der Waals surface area contributed by atoms with Crippen molar-refractivity contribution in [3.8, 4) is 5.75 Å². The Morgan fingerprint density at radius 3 is 2.90 bits per heavy atom. The summed E-state index contributed by atoms with van der Waals surface area (Å²) in [6, 6.07) is 7.97. The van der Waals surface area contributed by atoms with E-state index in [0.29, 0.717) is 4.96 Å². The Bertz CT molecular complexity index is 1270. The van der Waals surface area contributed by atoms with E-state index in [9.17, 15) is 9.59 Å². The summed E-state index contributed by atoms with van der Waals surface area (Å²) in [6.45, 7) is 0. The second kappa shape index (κ2) is 7.87. The molecule has 152 valence electrons. The summed E-state index contributed by atoms with van der Waals surface area (Å²) in [4.78, 5) is 34.0. The molecule has 0 radical (unpaired) electrons. The van der Waals surface area contributed by atoms with Gasteiger partial charge < -0.3 is 10.1 Å². The molecule has 0 aliphatic heterocycles. The number of nitrogens with zero attached hydrogens (tertiary/aromatic N) is 3. The van der Waals surface area contributed by atoms with E-state index in [1.165, 1.54) is 21.9 Å². The smallest absolute Gasteiger partial charge is 0.271 e. The van der Waals surface area contributed by atoms with Crippen LogP contribution in [0.1, 0.15) is 36.0 Å². The van der Waals surface area contributed by atoms with Crippen LogP contribution in [0.15, 0.2) is 59.2 Å². The largest absolute Gasteiger partial charge is 0.490 e. The Morgan fingerprint density at radius 2 is 2.03 bits per heavy atom. The maximum atomic E-state index is 12.6. The van der Waals surface area contributed by atoms with Crippen molar-refractivity contribution in [1.82, 2.24) is 19.7 Å². The van der Waals surface area contributed by atoms with Gasteiger partial charge in [0.05, 0.1) is 6.10 Å². The number of amides is 1. The van der Waals surface area contributed by atoms with E-state index in [1.54, 1.807) is 17.8 Å².